The van der Waals surface area contributed by atoms with Crippen molar-refractivity contribution in [1.29, 1.82) is 0 Å². The van der Waals surface area contributed by atoms with Crippen molar-refractivity contribution in [2.75, 3.05) is 5.32 Å². The normalized spacial score (nSPS) is 10.7. The number of amides is 2. The Bertz CT molecular complexity index is 970. The summed E-state index contributed by atoms with van der Waals surface area (Å²) in [5.41, 5.74) is 9.28. The van der Waals surface area contributed by atoms with Gasteiger partial charge in [-0.1, -0.05) is 31.2 Å². The van der Waals surface area contributed by atoms with Gasteiger partial charge in [0, 0.05) is 23.7 Å². The fourth-order valence-corrected chi connectivity index (χ4v) is 3.96. The van der Waals surface area contributed by atoms with Gasteiger partial charge in [0.05, 0.1) is 5.56 Å². The molecule has 0 aliphatic rings. The van der Waals surface area contributed by atoms with Gasteiger partial charge >= 0.3 is 0 Å². The molecule has 0 aliphatic carbocycles. The molecule has 0 aliphatic heterocycles. The van der Waals surface area contributed by atoms with Gasteiger partial charge < -0.3 is 11.1 Å². The topological polar surface area (TPSA) is 90.0 Å². The van der Waals surface area contributed by atoms with Crippen molar-refractivity contribution < 1.29 is 9.59 Å². The third kappa shape index (κ3) is 3.25. The van der Waals surface area contributed by atoms with Gasteiger partial charge in [-0.05, 0) is 30.5 Å². The van der Waals surface area contributed by atoms with Gasteiger partial charge in [0.1, 0.15) is 10.7 Å². The van der Waals surface area contributed by atoms with E-state index in [-0.39, 0.29) is 5.91 Å². The first-order valence-corrected chi connectivity index (χ1v) is 9.05. The number of thiophene rings is 1. The predicted octanol–water partition coefficient (Wildman–Crippen LogP) is 3.37. The molecule has 3 aromatic rings. The summed E-state index contributed by atoms with van der Waals surface area (Å²) in [6, 6.07) is 9.64. The van der Waals surface area contributed by atoms with Crippen LogP contribution >= 0.6 is 11.3 Å². The number of anilines is 1. The van der Waals surface area contributed by atoms with E-state index in [1.807, 2.05) is 31.2 Å². The summed E-state index contributed by atoms with van der Waals surface area (Å²) < 4.78 is 1.48. The standard InChI is InChI=1S/C19H20N4O2S/c1-4-12-5-7-13(8-6-12)15-11(2)26-19(16(15)17(20)24)22-18(25)14-9-10-21-23(14)3/h5-10H,4H2,1-3H3,(H2,20,24)(H,22,25). The van der Waals surface area contributed by atoms with Crippen LogP contribution in [0.1, 0.15) is 38.2 Å². The molecule has 0 saturated heterocycles. The van der Waals surface area contributed by atoms with E-state index < -0.39 is 5.91 Å². The van der Waals surface area contributed by atoms with Gasteiger partial charge in [-0.3, -0.25) is 14.3 Å². The van der Waals surface area contributed by atoms with Crippen molar-refractivity contribution in [3.05, 3.63) is 58.2 Å². The molecular weight excluding hydrogens is 348 g/mol. The highest BCUT2D eigenvalue weighted by Gasteiger charge is 2.23. The average molecular weight is 368 g/mol. The fraction of sp³-hybridized carbons (Fsp3) is 0.211. The zero-order valence-corrected chi connectivity index (χ0v) is 15.7. The Morgan fingerprint density at radius 2 is 1.92 bits per heavy atom. The van der Waals surface area contributed by atoms with Crippen LogP contribution < -0.4 is 11.1 Å². The molecule has 2 amide bonds. The summed E-state index contributed by atoms with van der Waals surface area (Å²) >= 11 is 1.34. The third-order valence-electron chi connectivity index (χ3n) is 4.26. The highest BCUT2D eigenvalue weighted by atomic mass is 32.1. The lowest BCUT2D eigenvalue weighted by Crippen LogP contribution is -2.19. The highest BCUT2D eigenvalue weighted by Crippen LogP contribution is 2.39. The largest absolute Gasteiger partial charge is 0.365 e. The second-order valence-electron chi connectivity index (χ2n) is 5.95. The molecule has 3 N–H and O–H groups in total. The SMILES string of the molecule is CCc1ccc(-c2c(C)sc(NC(=O)c3ccnn3C)c2C(N)=O)cc1. The molecule has 0 bridgehead atoms. The fourth-order valence-electron chi connectivity index (χ4n) is 2.89. The van der Waals surface area contributed by atoms with Crippen LogP contribution in [0.3, 0.4) is 0 Å². The van der Waals surface area contributed by atoms with Crippen LogP contribution in [0.2, 0.25) is 0 Å². The van der Waals surface area contributed by atoms with Crippen LogP contribution in [0.25, 0.3) is 11.1 Å². The first kappa shape index (κ1) is 17.9. The van der Waals surface area contributed by atoms with E-state index in [1.165, 1.54) is 21.6 Å². The van der Waals surface area contributed by atoms with Crippen LogP contribution in [0.15, 0.2) is 36.5 Å². The number of aromatic nitrogens is 2. The Morgan fingerprint density at radius 1 is 1.23 bits per heavy atom. The van der Waals surface area contributed by atoms with Crippen molar-refractivity contribution in [3.8, 4) is 11.1 Å². The Labute approximate surface area is 155 Å². The van der Waals surface area contributed by atoms with Crippen molar-refractivity contribution in [3.63, 3.8) is 0 Å². The molecule has 0 unspecified atom stereocenters. The molecule has 134 valence electrons. The number of nitrogens with one attached hydrogen (secondary N) is 1. The number of nitrogens with zero attached hydrogens (tertiary/aromatic N) is 2. The molecule has 7 heteroatoms. The molecule has 0 atom stereocenters. The molecule has 3 rings (SSSR count). The molecule has 1 aromatic carbocycles. The van der Waals surface area contributed by atoms with Crippen LogP contribution in [-0.2, 0) is 13.5 Å². The summed E-state index contributed by atoms with van der Waals surface area (Å²) in [6.45, 7) is 4.01. The maximum absolute atomic E-state index is 12.5. The van der Waals surface area contributed by atoms with Crippen LogP contribution in [0.4, 0.5) is 5.00 Å². The maximum atomic E-state index is 12.5. The predicted molar refractivity (Wildman–Crippen MR) is 104 cm³/mol. The quantitative estimate of drug-likeness (QED) is 0.723. The molecule has 26 heavy (non-hydrogen) atoms. The summed E-state index contributed by atoms with van der Waals surface area (Å²) in [5, 5.41) is 7.25. The second kappa shape index (κ2) is 7.13. The van der Waals surface area contributed by atoms with E-state index in [9.17, 15) is 9.59 Å². The van der Waals surface area contributed by atoms with Crippen LogP contribution in [0, 0.1) is 6.92 Å². The molecular formula is C19H20N4O2S. The second-order valence-corrected chi connectivity index (χ2v) is 7.17. The highest BCUT2D eigenvalue weighted by molar-refractivity contribution is 7.17. The number of hydrogen-bond donors (Lipinski definition) is 2. The third-order valence-corrected chi connectivity index (χ3v) is 5.28. The maximum Gasteiger partial charge on any atom is 0.274 e. The summed E-state index contributed by atoms with van der Waals surface area (Å²) in [7, 11) is 1.68. The lowest BCUT2D eigenvalue weighted by molar-refractivity contribution is 0.100. The minimum absolute atomic E-state index is 0.332. The van der Waals surface area contributed by atoms with Gasteiger partial charge in [-0.15, -0.1) is 11.3 Å². The van der Waals surface area contributed by atoms with Gasteiger partial charge in [0.15, 0.2) is 0 Å². The molecule has 0 spiro atoms. The molecule has 6 nitrogen and oxygen atoms in total. The van der Waals surface area contributed by atoms with Crippen molar-refractivity contribution in [2.45, 2.75) is 20.3 Å². The van der Waals surface area contributed by atoms with Crippen molar-refractivity contribution in [2.24, 2.45) is 12.8 Å². The Morgan fingerprint density at radius 3 is 2.46 bits per heavy atom. The Kier molecular flexibility index (Phi) is 4.90. The minimum Gasteiger partial charge on any atom is -0.365 e. The monoisotopic (exact) mass is 368 g/mol. The van der Waals surface area contributed by atoms with E-state index in [1.54, 1.807) is 19.3 Å². The number of benzene rings is 1. The van der Waals surface area contributed by atoms with E-state index in [0.717, 1.165) is 22.4 Å². The van der Waals surface area contributed by atoms with Crippen molar-refractivity contribution >= 4 is 28.2 Å². The van der Waals surface area contributed by atoms with E-state index in [2.05, 4.69) is 17.3 Å². The smallest absolute Gasteiger partial charge is 0.274 e. The van der Waals surface area contributed by atoms with Crippen LogP contribution in [-0.4, -0.2) is 21.6 Å². The van der Waals surface area contributed by atoms with Gasteiger partial charge in [-0.25, -0.2) is 0 Å². The van der Waals surface area contributed by atoms with Gasteiger partial charge in [-0.2, -0.15) is 5.10 Å². The number of nitrogens with two attached hydrogens (primary N) is 1. The number of carbonyl (C=O) groups excluding carboxylic acids is 2. The lowest BCUT2D eigenvalue weighted by Gasteiger charge is -2.08. The first-order chi connectivity index (χ1) is 12.4. The first-order valence-electron chi connectivity index (χ1n) is 8.24. The Balaban J connectivity index is 2.03. The molecule has 0 radical (unpaired) electrons. The van der Waals surface area contributed by atoms with Gasteiger partial charge in [0.25, 0.3) is 11.8 Å². The van der Waals surface area contributed by atoms with Crippen LogP contribution in [0.5, 0.6) is 0 Å². The van der Waals surface area contributed by atoms with E-state index in [4.69, 9.17) is 5.73 Å². The zero-order valence-electron chi connectivity index (χ0n) is 14.9. The lowest BCUT2D eigenvalue weighted by atomic mass is 9.99. The van der Waals surface area contributed by atoms with E-state index in [0.29, 0.717) is 16.3 Å². The number of aryl methyl sites for hydroxylation is 3. The average Bonchev–Trinajstić information content (AvgIpc) is 3.18. The number of hydrogen-bond acceptors (Lipinski definition) is 4. The van der Waals surface area contributed by atoms with E-state index >= 15 is 0 Å². The zero-order chi connectivity index (χ0) is 18.8. The number of rotatable bonds is 5. The number of carbonyl (C=O) groups is 2. The molecule has 0 fully saturated rings. The summed E-state index contributed by atoms with van der Waals surface area (Å²) in [4.78, 5) is 25.6. The van der Waals surface area contributed by atoms with Crippen molar-refractivity contribution in [1.82, 2.24) is 9.78 Å². The summed E-state index contributed by atoms with van der Waals surface area (Å²) in [5.74, 6) is -0.897. The Hall–Kier alpha value is -2.93. The molecule has 0 saturated carbocycles. The minimum atomic E-state index is -0.566. The number of primary amides is 1. The van der Waals surface area contributed by atoms with Gasteiger partial charge in [0.2, 0.25) is 0 Å². The molecule has 2 aromatic heterocycles. The molecule has 2 heterocycles. The summed E-state index contributed by atoms with van der Waals surface area (Å²) in [6.07, 6.45) is 2.49.